The molecule has 0 amide bonds. The topological polar surface area (TPSA) is 79.5 Å². The normalized spacial score (nSPS) is 10.3. The summed E-state index contributed by atoms with van der Waals surface area (Å²) in [7, 11) is 0. The Morgan fingerprint density at radius 3 is 2.62 bits per heavy atom. The van der Waals surface area contributed by atoms with Gasteiger partial charge in [-0.05, 0) is 18.6 Å². The number of nitrogens with zero attached hydrogens (tertiary/aromatic N) is 3. The summed E-state index contributed by atoms with van der Waals surface area (Å²) in [6, 6.07) is 10.2. The minimum Gasteiger partial charge on any atom is -0.508 e. The van der Waals surface area contributed by atoms with Gasteiger partial charge < -0.3 is 10.0 Å². The monoisotopic (exact) mass is 287 g/mol. The zero-order valence-corrected chi connectivity index (χ0v) is 11.8. The Hall–Kier alpha value is -2.63. The maximum absolute atomic E-state index is 10.7. The van der Waals surface area contributed by atoms with Crippen LogP contribution in [0.15, 0.2) is 42.6 Å². The van der Waals surface area contributed by atoms with Crippen LogP contribution >= 0.6 is 0 Å². The van der Waals surface area contributed by atoms with Crippen molar-refractivity contribution >= 4 is 11.5 Å². The maximum atomic E-state index is 10.7. The first-order valence-corrected chi connectivity index (χ1v) is 6.74. The summed E-state index contributed by atoms with van der Waals surface area (Å²) in [6.07, 6.45) is 2.16. The van der Waals surface area contributed by atoms with Gasteiger partial charge in [0.1, 0.15) is 17.8 Å². The van der Waals surface area contributed by atoms with Gasteiger partial charge in [0.25, 0.3) is 5.69 Å². The molecule has 0 bridgehead atoms. The Labute approximate surface area is 122 Å². The molecule has 2 rings (SSSR count). The third kappa shape index (κ3) is 3.68. The van der Waals surface area contributed by atoms with E-state index in [0.29, 0.717) is 12.4 Å². The van der Waals surface area contributed by atoms with Crippen LogP contribution in [0, 0.1) is 10.1 Å². The van der Waals surface area contributed by atoms with Gasteiger partial charge in [-0.15, -0.1) is 0 Å². The third-order valence-corrected chi connectivity index (χ3v) is 3.11. The second-order valence-electron chi connectivity index (χ2n) is 4.68. The van der Waals surface area contributed by atoms with Gasteiger partial charge in [-0.2, -0.15) is 0 Å². The van der Waals surface area contributed by atoms with Gasteiger partial charge in [0.2, 0.25) is 0 Å². The standard InChI is InChI=1S/C15H17N3O3/c1-2-9-17(11-12-5-3-4-6-14(12)19)15-8-7-13(10-16-15)18(20)21/h3-8,10,19H,2,9,11H2,1H3. The van der Waals surface area contributed by atoms with Gasteiger partial charge in [0, 0.05) is 24.7 Å². The van der Waals surface area contributed by atoms with E-state index in [4.69, 9.17) is 0 Å². The second kappa shape index (κ2) is 6.69. The fourth-order valence-corrected chi connectivity index (χ4v) is 2.07. The highest BCUT2D eigenvalue weighted by molar-refractivity contribution is 5.45. The van der Waals surface area contributed by atoms with Crippen LogP contribution in [0.2, 0.25) is 0 Å². The molecule has 0 atom stereocenters. The lowest BCUT2D eigenvalue weighted by Gasteiger charge is -2.23. The van der Waals surface area contributed by atoms with Crippen LogP contribution in [0.3, 0.4) is 0 Å². The molecule has 0 radical (unpaired) electrons. The number of anilines is 1. The largest absolute Gasteiger partial charge is 0.508 e. The van der Waals surface area contributed by atoms with Crippen molar-refractivity contribution in [3.63, 3.8) is 0 Å². The van der Waals surface area contributed by atoms with E-state index in [2.05, 4.69) is 4.98 Å². The molecule has 0 unspecified atom stereocenters. The second-order valence-corrected chi connectivity index (χ2v) is 4.68. The number of hydrogen-bond acceptors (Lipinski definition) is 5. The van der Waals surface area contributed by atoms with Gasteiger partial charge in [0.05, 0.1) is 4.92 Å². The van der Waals surface area contributed by atoms with E-state index in [1.807, 2.05) is 24.0 Å². The number of aromatic hydroxyl groups is 1. The minimum atomic E-state index is -0.468. The van der Waals surface area contributed by atoms with Crippen molar-refractivity contribution in [2.45, 2.75) is 19.9 Å². The van der Waals surface area contributed by atoms with Crippen molar-refractivity contribution in [1.29, 1.82) is 0 Å². The molecule has 0 saturated carbocycles. The highest BCUT2D eigenvalue weighted by Crippen LogP contribution is 2.22. The number of nitro groups is 1. The molecule has 1 heterocycles. The molecule has 110 valence electrons. The molecular weight excluding hydrogens is 270 g/mol. The van der Waals surface area contributed by atoms with Gasteiger partial charge in [-0.3, -0.25) is 10.1 Å². The summed E-state index contributed by atoms with van der Waals surface area (Å²) in [5.74, 6) is 0.895. The van der Waals surface area contributed by atoms with Crippen LogP contribution in [0.1, 0.15) is 18.9 Å². The first-order chi connectivity index (χ1) is 10.1. The number of phenols is 1. The number of pyridine rings is 1. The van der Waals surface area contributed by atoms with Gasteiger partial charge in [-0.1, -0.05) is 25.1 Å². The number of rotatable bonds is 6. The third-order valence-electron chi connectivity index (χ3n) is 3.11. The van der Waals surface area contributed by atoms with Crippen molar-refractivity contribution < 1.29 is 10.0 Å². The van der Waals surface area contributed by atoms with E-state index < -0.39 is 4.92 Å². The Morgan fingerprint density at radius 2 is 2.05 bits per heavy atom. The molecule has 2 aromatic rings. The quantitative estimate of drug-likeness (QED) is 0.652. The molecule has 0 aliphatic rings. The van der Waals surface area contributed by atoms with Crippen molar-refractivity contribution in [1.82, 2.24) is 4.98 Å². The molecule has 1 aromatic carbocycles. The zero-order valence-electron chi connectivity index (χ0n) is 11.8. The molecule has 0 spiro atoms. The van der Waals surface area contributed by atoms with Gasteiger partial charge in [0.15, 0.2) is 0 Å². The first-order valence-electron chi connectivity index (χ1n) is 6.74. The van der Waals surface area contributed by atoms with E-state index in [0.717, 1.165) is 18.5 Å². The number of benzene rings is 1. The smallest absolute Gasteiger partial charge is 0.287 e. The van der Waals surface area contributed by atoms with Crippen molar-refractivity contribution in [3.8, 4) is 5.75 Å². The molecule has 21 heavy (non-hydrogen) atoms. The number of hydrogen-bond donors (Lipinski definition) is 1. The average molecular weight is 287 g/mol. The van der Waals surface area contributed by atoms with Crippen molar-refractivity contribution in [2.75, 3.05) is 11.4 Å². The molecule has 0 fully saturated rings. The van der Waals surface area contributed by atoms with Crippen molar-refractivity contribution in [2.24, 2.45) is 0 Å². The maximum Gasteiger partial charge on any atom is 0.287 e. The summed E-state index contributed by atoms with van der Waals surface area (Å²) in [5, 5.41) is 20.5. The number of phenolic OH excluding ortho intramolecular Hbond substituents is 1. The lowest BCUT2D eigenvalue weighted by Crippen LogP contribution is -2.24. The summed E-state index contributed by atoms with van der Waals surface area (Å²) in [5.41, 5.74) is 0.767. The van der Waals surface area contributed by atoms with Gasteiger partial charge >= 0.3 is 0 Å². The highest BCUT2D eigenvalue weighted by Gasteiger charge is 2.12. The summed E-state index contributed by atoms with van der Waals surface area (Å²) < 4.78 is 0. The van der Waals surface area contributed by atoms with Crippen LogP contribution in [0.25, 0.3) is 0 Å². The molecule has 6 heteroatoms. The predicted octanol–water partition coefficient (Wildman–Crippen LogP) is 3.11. The van der Waals surface area contributed by atoms with E-state index in [1.54, 1.807) is 18.2 Å². The molecule has 0 aliphatic heterocycles. The Bertz CT molecular complexity index is 614. The average Bonchev–Trinajstić information content (AvgIpc) is 2.49. The Morgan fingerprint density at radius 1 is 1.29 bits per heavy atom. The van der Waals surface area contributed by atoms with E-state index >= 15 is 0 Å². The molecule has 0 saturated heterocycles. The summed E-state index contributed by atoms with van der Waals surface area (Å²) in [4.78, 5) is 16.3. The lowest BCUT2D eigenvalue weighted by molar-refractivity contribution is -0.385. The summed E-state index contributed by atoms with van der Waals surface area (Å²) in [6.45, 7) is 3.30. The fraction of sp³-hybridized carbons (Fsp3) is 0.267. The van der Waals surface area contributed by atoms with Crippen LogP contribution < -0.4 is 4.90 Å². The molecule has 1 aromatic heterocycles. The van der Waals surface area contributed by atoms with E-state index in [-0.39, 0.29) is 11.4 Å². The molecule has 1 N–H and O–H groups in total. The van der Waals surface area contributed by atoms with Crippen LogP contribution in [0.4, 0.5) is 11.5 Å². The van der Waals surface area contributed by atoms with E-state index in [1.165, 1.54) is 12.3 Å². The van der Waals surface area contributed by atoms with E-state index in [9.17, 15) is 15.2 Å². The van der Waals surface area contributed by atoms with Crippen molar-refractivity contribution in [3.05, 3.63) is 58.3 Å². The minimum absolute atomic E-state index is 0.0299. The predicted molar refractivity (Wildman–Crippen MR) is 80.3 cm³/mol. The molecule has 0 aliphatic carbocycles. The summed E-state index contributed by atoms with van der Waals surface area (Å²) >= 11 is 0. The first kappa shape index (κ1) is 14.8. The Balaban J connectivity index is 2.22. The zero-order chi connectivity index (χ0) is 15.2. The number of para-hydroxylation sites is 1. The van der Waals surface area contributed by atoms with Crippen LogP contribution in [-0.4, -0.2) is 21.6 Å². The molecular formula is C15H17N3O3. The lowest BCUT2D eigenvalue weighted by atomic mass is 10.2. The molecule has 6 nitrogen and oxygen atoms in total. The van der Waals surface area contributed by atoms with Crippen LogP contribution in [-0.2, 0) is 6.54 Å². The Kier molecular flexibility index (Phi) is 4.71. The van der Waals surface area contributed by atoms with Gasteiger partial charge in [-0.25, -0.2) is 4.98 Å². The van der Waals surface area contributed by atoms with Crippen LogP contribution in [0.5, 0.6) is 5.75 Å². The SMILES string of the molecule is CCCN(Cc1ccccc1O)c1ccc([N+](=O)[O-])cn1. The fourth-order valence-electron chi connectivity index (χ4n) is 2.07. The highest BCUT2D eigenvalue weighted by atomic mass is 16.6. The number of aromatic nitrogens is 1.